The van der Waals surface area contributed by atoms with Gasteiger partial charge >= 0.3 is 0 Å². The molecule has 1 aliphatic rings. The Morgan fingerprint density at radius 2 is 1.67 bits per heavy atom. The predicted octanol–water partition coefficient (Wildman–Crippen LogP) is 2.89. The molecule has 2 aromatic rings. The van der Waals surface area contributed by atoms with Gasteiger partial charge in [0, 0.05) is 44.0 Å². The Bertz CT molecular complexity index is 634. The second kappa shape index (κ2) is 8.18. The van der Waals surface area contributed by atoms with Gasteiger partial charge in [-0.3, -0.25) is 0 Å². The van der Waals surface area contributed by atoms with Crippen LogP contribution in [0.25, 0.3) is 0 Å². The summed E-state index contributed by atoms with van der Waals surface area (Å²) < 4.78 is 0. The number of anilines is 1. The molecule has 0 aliphatic carbocycles. The quantitative estimate of drug-likeness (QED) is 0.764. The number of aromatic hydroxyl groups is 1. The van der Waals surface area contributed by atoms with Gasteiger partial charge in [-0.15, -0.1) is 0 Å². The van der Waals surface area contributed by atoms with Crippen molar-refractivity contribution < 1.29 is 10.2 Å². The van der Waals surface area contributed by atoms with E-state index in [-0.39, 0.29) is 0 Å². The number of rotatable bonds is 6. The first kappa shape index (κ1) is 16.8. The van der Waals surface area contributed by atoms with Crippen molar-refractivity contribution in [2.75, 3.05) is 24.6 Å². The molecule has 3 rings (SSSR count). The first-order valence-corrected chi connectivity index (χ1v) is 8.68. The molecule has 0 unspecified atom stereocenters. The number of phenolic OH excluding ortho intramolecular Hbond substituents is 1. The van der Waals surface area contributed by atoms with Crippen LogP contribution in [-0.2, 0) is 13.1 Å². The molecule has 128 valence electrons. The van der Waals surface area contributed by atoms with Crippen molar-refractivity contribution >= 4 is 5.69 Å². The number of piperidine rings is 1. The zero-order valence-electron chi connectivity index (χ0n) is 14.0. The number of nitrogens with one attached hydrogen (secondary N) is 1. The Balaban J connectivity index is 1.49. The first-order chi connectivity index (χ1) is 11.8. The summed E-state index contributed by atoms with van der Waals surface area (Å²) in [6.07, 6.45) is 2.14. The molecule has 0 aromatic heterocycles. The topological polar surface area (TPSA) is 55.7 Å². The maximum Gasteiger partial charge on any atom is 0.120 e. The van der Waals surface area contributed by atoms with Crippen LogP contribution in [0.15, 0.2) is 48.5 Å². The number of hydrogen-bond donors (Lipinski definition) is 3. The molecule has 1 aliphatic heterocycles. The predicted molar refractivity (Wildman–Crippen MR) is 97.1 cm³/mol. The number of hydrogen-bond acceptors (Lipinski definition) is 4. The minimum absolute atomic E-state index is 0.315. The van der Waals surface area contributed by atoms with Crippen LogP contribution in [0.2, 0.25) is 0 Å². The van der Waals surface area contributed by atoms with Gasteiger partial charge in [0.15, 0.2) is 0 Å². The zero-order chi connectivity index (χ0) is 16.8. The molecule has 1 saturated heterocycles. The second-order valence-corrected chi connectivity index (χ2v) is 6.51. The van der Waals surface area contributed by atoms with Crippen LogP contribution in [0.1, 0.15) is 24.0 Å². The largest absolute Gasteiger partial charge is 0.508 e. The minimum Gasteiger partial charge on any atom is -0.508 e. The van der Waals surface area contributed by atoms with E-state index < -0.39 is 0 Å². The lowest BCUT2D eigenvalue weighted by Crippen LogP contribution is -2.34. The molecule has 4 nitrogen and oxygen atoms in total. The van der Waals surface area contributed by atoms with Gasteiger partial charge in [-0.05, 0) is 42.5 Å². The van der Waals surface area contributed by atoms with Crippen LogP contribution < -0.4 is 10.2 Å². The molecule has 0 spiro atoms. The monoisotopic (exact) mass is 326 g/mol. The summed E-state index contributed by atoms with van der Waals surface area (Å²) in [5.41, 5.74) is 3.41. The lowest BCUT2D eigenvalue weighted by molar-refractivity contribution is 0.203. The molecule has 0 saturated carbocycles. The zero-order valence-corrected chi connectivity index (χ0v) is 14.0. The number of aliphatic hydroxyl groups is 1. The molecule has 1 fully saturated rings. The van der Waals surface area contributed by atoms with Crippen molar-refractivity contribution in [3.8, 4) is 5.75 Å². The van der Waals surface area contributed by atoms with E-state index >= 15 is 0 Å². The second-order valence-electron chi connectivity index (χ2n) is 6.51. The highest BCUT2D eigenvalue weighted by Crippen LogP contribution is 2.23. The number of benzene rings is 2. The molecule has 0 bridgehead atoms. The van der Waals surface area contributed by atoms with Crippen molar-refractivity contribution in [1.29, 1.82) is 0 Å². The highest BCUT2D eigenvalue weighted by Gasteiger charge is 2.18. The molecular weight excluding hydrogens is 300 g/mol. The molecule has 2 aromatic carbocycles. The average Bonchev–Trinajstić information content (AvgIpc) is 2.64. The highest BCUT2D eigenvalue weighted by molar-refractivity contribution is 5.48. The Morgan fingerprint density at radius 1 is 0.958 bits per heavy atom. The van der Waals surface area contributed by atoms with E-state index in [0.29, 0.717) is 24.8 Å². The highest BCUT2D eigenvalue weighted by atomic mass is 16.3. The van der Waals surface area contributed by atoms with Gasteiger partial charge in [0.25, 0.3) is 0 Å². The Labute approximate surface area is 143 Å². The van der Waals surface area contributed by atoms with Gasteiger partial charge in [0.1, 0.15) is 5.75 Å². The van der Waals surface area contributed by atoms with Crippen LogP contribution in [-0.4, -0.2) is 29.9 Å². The lowest BCUT2D eigenvalue weighted by atomic mass is 9.97. The molecule has 24 heavy (non-hydrogen) atoms. The molecule has 3 N–H and O–H groups in total. The van der Waals surface area contributed by atoms with Crippen LogP contribution in [0, 0.1) is 5.92 Å². The molecule has 0 atom stereocenters. The number of phenols is 1. The van der Waals surface area contributed by atoms with Crippen molar-refractivity contribution in [1.82, 2.24) is 5.32 Å². The smallest absolute Gasteiger partial charge is 0.120 e. The lowest BCUT2D eigenvalue weighted by Gasteiger charge is -2.33. The van der Waals surface area contributed by atoms with Gasteiger partial charge in [0.05, 0.1) is 0 Å². The maximum absolute atomic E-state index is 9.76. The Morgan fingerprint density at radius 3 is 2.33 bits per heavy atom. The number of nitrogens with zero attached hydrogens (tertiary/aromatic N) is 1. The normalized spacial score (nSPS) is 15.6. The van der Waals surface area contributed by atoms with Gasteiger partial charge in [-0.25, -0.2) is 0 Å². The molecule has 1 heterocycles. The van der Waals surface area contributed by atoms with Crippen LogP contribution in [0.4, 0.5) is 5.69 Å². The maximum atomic E-state index is 9.76. The number of aliphatic hydroxyl groups excluding tert-OH is 1. The summed E-state index contributed by atoms with van der Waals surface area (Å²) in [5.74, 6) is 0.811. The van der Waals surface area contributed by atoms with Crippen molar-refractivity contribution in [3.63, 3.8) is 0 Å². The van der Waals surface area contributed by atoms with Crippen LogP contribution >= 0.6 is 0 Å². The fourth-order valence-electron chi connectivity index (χ4n) is 3.20. The van der Waals surface area contributed by atoms with Gasteiger partial charge in [0.2, 0.25) is 0 Å². The van der Waals surface area contributed by atoms with E-state index in [1.165, 1.54) is 11.3 Å². The third-order valence-corrected chi connectivity index (χ3v) is 4.81. The Kier molecular flexibility index (Phi) is 5.72. The Hall–Kier alpha value is -2.04. The van der Waals surface area contributed by atoms with Crippen molar-refractivity contribution in [2.24, 2.45) is 5.92 Å². The molecule has 4 heteroatoms. The van der Waals surface area contributed by atoms with Crippen LogP contribution in [0.5, 0.6) is 5.75 Å². The van der Waals surface area contributed by atoms with E-state index in [9.17, 15) is 10.2 Å². The summed E-state index contributed by atoms with van der Waals surface area (Å²) in [4.78, 5) is 2.39. The summed E-state index contributed by atoms with van der Waals surface area (Å²) in [5, 5.41) is 22.4. The SMILES string of the molecule is OCC1CCN(c2ccc(CNCc3ccccc3O)cc2)CC1. The van der Waals surface area contributed by atoms with Gasteiger partial charge < -0.3 is 20.4 Å². The van der Waals surface area contributed by atoms with Crippen molar-refractivity contribution in [2.45, 2.75) is 25.9 Å². The van der Waals surface area contributed by atoms with Gasteiger partial charge in [-0.1, -0.05) is 30.3 Å². The standard InChI is InChI=1S/C20H26N2O2/c23-15-17-9-11-22(12-10-17)19-7-5-16(6-8-19)13-21-14-18-3-1-2-4-20(18)24/h1-8,17,21,23-24H,9-15H2. The summed E-state index contributed by atoms with van der Waals surface area (Å²) in [6, 6.07) is 16.1. The molecule has 0 amide bonds. The fraction of sp³-hybridized carbons (Fsp3) is 0.400. The fourth-order valence-corrected chi connectivity index (χ4v) is 3.20. The third-order valence-electron chi connectivity index (χ3n) is 4.81. The summed E-state index contributed by atoms with van der Waals surface area (Å²) in [7, 11) is 0. The summed E-state index contributed by atoms with van der Waals surface area (Å²) >= 11 is 0. The van der Waals surface area contributed by atoms with Crippen LogP contribution in [0.3, 0.4) is 0 Å². The third kappa shape index (κ3) is 4.28. The van der Waals surface area contributed by atoms with E-state index in [1.54, 1.807) is 6.07 Å². The summed E-state index contributed by atoms with van der Waals surface area (Å²) in [6.45, 7) is 3.80. The van der Waals surface area contributed by atoms with E-state index in [2.05, 4.69) is 34.5 Å². The van der Waals surface area contributed by atoms with E-state index in [1.807, 2.05) is 18.2 Å². The first-order valence-electron chi connectivity index (χ1n) is 8.68. The minimum atomic E-state index is 0.315. The van der Waals surface area contributed by atoms with Gasteiger partial charge in [-0.2, -0.15) is 0 Å². The average molecular weight is 326 g/mol. The van der Waals surface area contributed by atoms with E-state index in [0.717, 1.165) is 38.0 Å². The van der Waals surface area contributed by atoms with E-state index in [4.69, 9.17) is 0 Å². The van der Waals surface area contributed by atoms with Crippen molar-refractivity contribution in [3.05, 3.63) is 59.7 Å². The number of para-hydroxylation sites is 1. The molecular formula is C20H26N2O2. The molecule has 0 radical (unpaired) electrons.